The highest BCUT2D eigenvalue weighted by atomic mass is 16.5. The van der Waals surface area contributed by atoms with E-state index in [1.54, 1.807) is 0 Å². The molecule has 3 aromatic rings. The van der Waals surface area contributed by atoms with Crippen LogP contribution in [0.25, 0.3) is 6.08 Å². The lowest BCUT2D eigenvalue weighted by molar-refractivity contribution is 0.0302. The number of rotatable bonds is 1. The number of ether oxygens (including phenoxy) is 1. The Balaban J connectivity index is 1.67. The lowest BCUT2D eigenvalue weighted by Crippen LogP contribution is -2.40. The van der Waals surface area contributed by atoms with Gasteiger partial charge in [0.1, 0.15) is 6.10 Å². The van der Waals surface area contributed by atoms with Crippen LogP contribution in [-0.4, -0.2) is 6.23 Å². The minimum absolute atomic E-state index is 0.0482. The fourth-order valence-electron chi connectivity index (χ4n) is 3.77. The quantitative estimate of drug-likeness (QED) is 0.577. The zero-order valence-electron chi connectivity index (χ0n) is 14.1. The molecule has 0 bridgehead atoms. The molecular weight excluding hydrogens is 306 g/mol. The van der Waals surface area contributed by atoms with Gasteiger partial charge in [0.15, 0.2) is 6.23 Å². The summed E-state index contributed by atoms with van der Waals surface area (Å²) >= 11 is 0. The molecule has 2 atom stereocenters. The summed E-state index contributed by atoms with van der Waals surface area (Å²) in [5, 5.41) is 0. The largest absolute Gasteiger partial charge is 0.342 e. The maximum Gasteiger partial charge on any atom is 0.155 e. The third-order valence-electron chi connectivity index (χ3n) is 5.03. The van der Waals surface area contributed by atoms with Crippen molar-refractivity contribution in [3.8, 4) is 0 Å². The Kier molecular flexibility index (Phi) is 3.25. The normalized spacial score (nSPS) is 20.6. The van der Waals surface area contributed by atoms with E-state index in [1.165, 1.54) is 33.6 Å². The van der Waals surface area contributed by atoms with Crippen molar-refractivity contribution in [1.29, 1.82) is 0 Å². The van der Waals surface area contributed by atoms with Gasteiger partial charge in [-0.1, -0.05) is 72.3 Å². The first-order valence-electron chi connectivity index (χ1n) is 8.69. The molecule has 2 heterocycles. The molecule has 0 aliphatic carbocycles. The van der Waals surface area contributed by atoms with Gasteiger partial charge in [-0.2, -0.15) is 0 Å². The number of nitrogens with zero attached hydrogens (tertiary/aromatic N) is 1. The summed E-state index contributed by atoms with van der Waals surface area (Å²) in [5.41, 5.74) is 7.33. The molecule has 122 valence electrons. The number of anilines is 2. The molecule has 0 unspecified atom stereocenters. The minimum atomic E-state index is -0.0869. The molecule has 2 nitrogen and oxygen atoms in total. The fraction of sp³-hybridized carbons (Fsp3) is 0.130. The maximum absolute atomic E-state index is 6.54. The fourth-order valence-corrected chi connectivity index (χ4v) is 3.77. The van der Waals surface area contributed by atoms with Crippen molar-refractivity contribution in [2.75, 3.05) is 4.90 Å². The Morgan fingerprint density at radius 3 is 2.36 bits per heavy atom. The lowest BCUT2D eigenvalue weighted by atomic mass is 9.94. The molecule has 2 aliphatic heterocycles. The Labute approximate surface area is 148 Å². The van der Waals surface area contributed by atoms with Crippen molar-refractivity contribution >= 4 is 17.5 Å². The van der Waals surface area contributed by atoms with Crippen molar-refractivity contribution in [1.82, 2.24) is 0 Å². The summed E-state index contributed by atoms with van der Waals surface area (Å²) in [5.74, 6) is 0. The Bertz CT molecular complexity index is 958. The van der Waals surface area contributed by atoms with Gasteiger partial charge < -0.3 is 9.64 Å². The zero-order valence-corrected chi connectivity index (χ0v) is 14.1. The van der Waals surface area contributed by atoms with Gasteiger partial charge in [0.25, 0.3) is 0 Å². The van der Waals surface area contributed by atoms with Gasteiger partial charge in [0.2, 0.25) is 0 Å². The first-order valence-corrected chi connectivity index (χ1v) is 8.69. The van der Waals surface area contributed by atoms with Crippen LogP contribution in [0.4, 0.5) is 11.4 Å². The van der Waals surface area contributed by atoms with Crippen LogP contribution in [0.3, 0.4) is 0 Å². The number of para-hydroxylation sites is 2. The molecule has 2 heteroatoms. The lowest BCUT2D eigenvalue weighted by Gasteiger charge is -2.43. The predicted octanol–water partition coefficient (Wildman–Crippen LogP) is 5.61. The number of hydrogen-bond donors (Lipinski definition) is 0. The van der Waals surface area contributed by atoms with Crippen LogP contribution in [0.1, 0.15) is 28.4 Å². The van der Waals surface area contributed by atoms with Gasteiger partial charge in [0.05, 0.1) is 11.4 Å². The molecule has 0 spiro atoms. The summed E-state index contributed by atoms with van der Waals surface area (Å²) in [6.07, 6.45) is 4.18. The van der Waals surface area contributed by atoms with E-state index < -0.39 is 0 Å². The summed E-state index contributed by atoms with van der Waals surface area (Å²) in [6.45, 7) is 2.11. The summed E-state index contributed by atoms with van der Waals surface area (Å²) < 4.78 is 6.54. The number of fused-ring (bicyclic) bond motifs is 5. The monoisotopic (exact) mass is 325 g/mol. The SMILES string of the molecule is Cc1ccc([C@H]2O[C@H]3C=Cc4ccccc4N3c3ccccc32)cc1. The second kappa shape index (κ2) is 5.61. The predicted molar refractivity (Wildman–Crippen MR) is 102 cm³/mol. The second-order valence-electron chi connectivity index (χ2n) is 6.66. The first kappa shape index (κ1) is 14.5. The van der Waals surface area contributed by atoms with Crippen molar-refractivity contribution in [2.45, 2.75) is 19.3 Å². The second-order valence-corrected chi connectivity index (χ2v) is 6.66. The van der Waals surface area contributed by atoms with Crippen LogP contribution in [0.5, 0.6) is 0 Å². The van der Waals surface area contributed by atoms with Crippen LogP contribution in [0.15, 0.2) is 78.9 Å². The molecule has 0 N–H and O–H groups in total. The van der Waals surface area contributed by atoms with Gasteiger partial charge in [-0.25, -0.2) is 0 Å². The summed E-state index contributed by atoms with van der Waals surface area (Å²) in [4.78, 5) is 2.30. The van der Waals surface area contributed by atoms with Crippen LogP contribution in [0.2, 0.25) is 0 Å². The average Bonchev–Trinajstić information content (AvgIpc) is 2.67. The Morgan fingerprint density at radius 1 is 0.800 bits per heavy atom. The smallest absolute Gasteiger partial charge is 0.155 e. The number of benzene rings is 3. The van der Waals surface area contributed by atoms with E-state index in [1.807, 2.05) is 0 Å². The van der Waals surface area contributed by atoms with Gasteiger partial charge in [0, 0.05) is 5.56 Å². The molecule has 2 aliphatic rings. The number of hydrogen-bond acceptors (Lipinski definition) is 2. The highest BCUT2D eigenvalue weighted by molar-refractivity contribution is 5.80. The van der Waals surface area contributed by atoms with Gasteiger partial charge in [-0.3, -0.25) is 0 Å². The van der Waals surface area contributed by atoms with Crippen LogP contribution >= 0.6 is 0 Å². The van der Waals surface area contributed by atoms with Gasteiger partial charge >= 0.3 is 0 Å². The highest BCUT2D eigenvalue weighted by Gasteiger charge is 2.35. The van der Waals surface area contributed by atoms with Crippen molar-refractivity contribution < 1.29 is 4.74 Å². The molecule has 0 aromatic heterocycles. The van der Waals surface area contributed by atoms with E-state index in [0.29, 0.717) is 0 Å². The number of aryl methyl sites for hydroxylation is 1. The van der Waals surface area contributed by atoms with Crippen LogP contribution < -0.4 is 4.90 Å². The topological polar surface area (TPSA) is 12.5 Å². The van der Waals surface area contributed by atoms with Gasteiger partial charge in [-0.05, 0) is 36.3 Å². The van der Waals surface area contributed by atoms with Crippen molar-refractivity contribution in [3.05, 3.63) is 101 Å². The third-order valence-corrected chi connectivity index (χ3v) is 5.03. The molecule has 25 heavy (non-hydrogen) atoms. The first-order chi connectivity index (χ1) is 12.3. The third kappa shape index (κ3) is 2.30. The maximum atomic E-state index is 6.54. The summed E-state index contributed by atoms with van der Waals surface area (Å²) in [7, 11) is 0. The van der Waals surface area contributed by atoms with E-state index in [4.69, 9.17) is 4.74 Å². The highest BCUT2D eigenvalue weighted by Crippen LogP contribution is 2.46. The van der Waals surface area contributed by atoms with Crippen LogP contribution in [-0.2, 0) is 4.74 Å². The van der Waals surface area contributed by atoms with Crippen molar-refractivity contribution in [2.24, 2.45) is 0 Å². The molecule has 0 fully saturated rings. The zero-order chi connectivity index (χ0) is 16.8. The molecule has 0 saturated carbocycles. The standard InChI is InChI=1S/C23H19NO/c1-16-10-12-18(13-11-16)23-19-7-3-5-9-21(19)24-20-8-4-2-6-17(20)14-15-22(24)25-23/h2-15,22-23H,1H3/t22-,23+/m0/s1. The van der Waals surface area contributed by atoms with E-state index in [0.717, 1.165) is 0 Å². The molecule has 5 rings (SSSR count). The molecule has 0 saturated heterocycles. The van der Waals surface area contributed by atoms with E-state index >= 15 is 0 Å². The van der Waals surface area contributed by atoms with Gasteiger partial charge in [-0.15, -0.1) is 0 Å². The van der Waals surface area contributed by atoms with E-state index in [-0.39, 0.29) is 12.3 Å². The molecular formula is C23H19NO. The minimum Gasteiger partial charge on any atom is -0.342 e. The summed E-state index contributed by atoms with van der Waals surface area (Å²) in [6, 6.07) is 25.7. The van der Waals surface area contributed by atoms with E-state index in [2.05, 4.69) is 96.8 Å². The molecule has 0 radical (unpaired) electrons. The average molecular weight is 325 g/mol. The van der Waals surface area contributed by atoms with E-state index in [9.17, 15) is 0 Å². The van der Waals surface area contributed by atoms with Crippen LogP contribution in [0, 0.1) is 6.92 Å². The Morgan fingerprint density at radius 2 is 1.52 bits per heavy atom. The molecule has 3 aromatic carbocycles. The van der Waals surface area contributed by atoms with Crippen molar-refractivity contribution in [3.63, 3.8) is 0 Å². The molecule has 0 amide bonds. The Hall–Kier alpha value is -2.84.